The first kappa shape index (κ1) is 27.9. The first-order valence-corrected chi connectivity index (χ1v) is 16.9. The molecule has 0 fully saturated rings. The summed E-state index contributed by atoms with van der Waals surface area (Å²) in [5.41, 5.74) is 16.9. The highest BCUT2D eigenvalue weighted by molar-refractivity contribution is 6.15. The number of benzene rings is 6. The lowest BCUT2D eigenvalue weighted by Gasteiger charge is -2.22. The number of furan rings is 1. The van der Waals surface area contributed by atoms with Crippen LogP contribution in [0.4, 0.5) is 0 Å². The van der Waals surface area contributed by atoms with Crippen molar-refractivity contribution in [2.24, 2.45) is 0 Å². The van der Waals surface area contributed by atoms with Gasteiger partial charge in [-0.25, -0.2) is 4.98 Å². The van der Waals surface area contributed by atoms with E-state index < -0.39 is 0 Å². The third-order valence-corrected chi connectivity index (χ3v) is 10.4. The van der Waals surface area contributed by atoms with Crippen LogP contribution in [-0.4, -0.2) is 9.38 Å². The first-order chi connectivity index (χ1) is 24.1. The van der Waals surface area contributed by atoms with Crippen molar-refractivity contribution < 1.29 is 4.42 Å². The van der Waals surface area contributed by atoms with Crippen molar-refractivity contribution >= 4 is 27.6 Å². The standard InChI is InChI=1S/C46H32N2O/c1-46(2)38-21-7-6-17-35(38)36-25-24-31(28-39(36)46)34-19-11-20-37-42-33(18-12-22-40(42)49-45(34)37)30-15-10-16-32(27-30)44-43(29-13-4-3-5-14-29)47-41-23-8-9-26-48(41)44/h3-28H,1-2H3. The summed E-state index contributed by atoms with van der Waals surface area (Å²) < 4.78 is 8.95. The molecule has 3 nitrogen and oxygen atoms in total. The van der Waals surface area contributed by atoms with Gasteiger partial charge in [0.05, 0.1) is 11.4 Å². The molecule has 0 spiro atoms. The van der Waals surface area contributed by atoms with Crippen LogP contribution in [0.25, 0.3) is 83.5 Å². The van der Waals surface area contributed by atoms with E-state index in [1.54, 1.807) is 0 Å². The molecule has 3 aromatic heterocycles. The fraction of sp³-hybridized carbons (Fsp3) is 0.0652. The maximum absolute atomic E-state index is 6.76. The summed E-state index contributed by atoms with van der Waals surface area (Å²) >= 11 is 0. The zero-order valence-electron chi connectivity index (χ0n) is 27.3. The molecule has 0 bridgehead atoms. The van der Waals surface area contributed by atoms with Gasteiger partial charge in [-0.1, -0.05) is 135 Å². The van der Waals surface area contributed by atoms with Crippen molar-refractivity contribution in [3.63, 3.8) is 0 Å². The van der Waals surface area contributed by atoms with Gasteiger partial charge in [0.15, 0.2) is 0 Å². The van der Waals surface area contributed by atoms with E-state index in [1.165, 1.54) is 27.8 Å². The summed E-state index contributed by atoms with van der Waals surface area (Å²) in [6.07, 6.45) is 2.10. The van der Waals surface area contributed by atoms with Gasteiger partial charge in [0, 0.05) is 39.1 Å². The number of rotatable bonds is 4. The van der Waals surface area contributed by atoms with E-state index in [9.17, 15) is 0 Å². The molecule has 0 N–H and O–H groups in total. The molecule has 49 heavy (non-hydrogen) atoms. The Morgan fingerprint density at radius 3 is 2.14 bits per heavy atom. The number of hydrogen-bond acceptors (Lipinski definition) is 2. The normalized spacial score (nSPS) is 13.3. The first-order valence-electron chi connectivity index (χ1n) is 16.9. The van der Waals surface area contributed by atoms with Crippen LogP contribution >= 0.6 is 0 Å². The number of aromatic nitrogens is 2. The van der Waals surface area contributed by atoms with E-state index in [0.29, 0.717) is 0 Å². The molecule has 0 unspecified atom stereocenters. The molecule has 1 aliphatic rings. The maximum Gasteiger partial charge on any atom is 0.143 e. The van der Waals surface area contributed by atoms with Gasteiger partial charge in [0.1, 0.15) is 16.8 Å². The molecule has 232 valence electrons. The van der Waals surface area contributed by atoms with Crippen LogP contribution in [-0.2, 0) is 5.41 Å². The zero-order valence-corrected chi connectivity index (χ0v) is 27.3. The Kier molecular flexibility index (Phi) is 5.92. The number of imidazole rings is 1. The van der Waals surface area contributed by atoms with Gasteiger partial charge >= 0.3 is 0 Å². The van der Waals surface area contributed by atoms with E-state index in [4.69, 9.17) is 9.40 Å². The van der Waals surface area contributed by atoms with Gasteiger partial charge in [0.25, 0.3) is 0 Å². The second-order valence-electron chi connectivity index (χ2n) is 13.6. The van der Waals surface area contributed by atoms with E-state index in [-0.39, 0.29) is 5.41 Å². The van der Waals surface area contributed by atoms with Gasteiger partial charge in [-0.3, -0.25) is 4.40 Å². The number of nitrogens with zero attached hydrogens (tertiary/aromatic N) is 2. The summed E-state index contributed by atoms with van der Waals surface area (Å²) in [5.74, 6) is 0. The minimum Gasteiger partial charge on any atom is -0.455 e. The highest BCUT2D eigenvalue weighted by Gasteiger charge is 2.35. The highest BCUT2D eigenvalue weighted by Crippen LogP contribution is 2.50. The summed E-state index contributed by atoms with van der Waals surface area (Å²) in [6.45, 7) is 4.67. The van der Waals surface area contributed by atoms with Gasteiger partial charge in [-0.2, -0.15) is 0 Å². The monoisotopic (exact) mass is 628 g/mol. The topological polar surface area (TPSA) is 30.4 Å². The van der Waals surface area contributed by atoms with Crippen LogP contribution in [0, 0.1) is 0 Å². The van der Waals surface area contributed by atoms with Crippen molar-refractivity contribution in [3.8, 4) is 55.9 Å². The Hall–Kier alpha value is -6.19. The third-order valence-electron chi connectivity index (χ3n) is 10.4. The van der Waals surface area contributed by atoms with Crippen molar-refractivity contribution in [1.29, 1.82) is 0 Å². The molecule has 0 atom stereocenters. The molecule has 0 aliphatic heterocycles. The highest BCUT2D eigenvalue weighted by atomic mass is 16.3. The summed E-state index contributed by atoms with van der Waals surface area (Å²) in [4.78, 5) is 5.07. The van der Waals surface area contributed by atoms with Crippen molar-refractivity contribution in [2.75, 3.05) is 0 Å². The molecule has 9 aromatic rings. The Bertz CT molecular complexity index is 2750. The van der Waals surface area contributed by atoms with Gasteiger partial charge < -0.3 is 4.42 Å². The minimum absolute atomic E-state index is 0.0664. The largest absolute Gasteiger partial charge is 0.455 e. The number of hydrogen-bond donors (Lipinski definition) is 0. The molecule has 0 amide bonds. The Balaban J connectivity index is 1.13. The lowest BCUT2D eigenvalue weighted by molar-refractivity contribution is 0.660. The van der Waals surface area contributed by atoms with E-state index in [1.807, 2.05) is 12.1 Å². The molecular formula is C46H32N2O. The van der Waals surface area contributed by atoms with Crippen LogP contribution < -0.4 is 0 Å². The number of pyridine rings is 1. The second kappa shape index (κ2) is 10.4. The molecule has 0 radical (unpaired) electrons. The second-order valence-corrected chi connectivity index (χ2v) is 13.6. The molecule has 10 rings (SSSR count). The number of fused-ring (bicyclic) bond motifs is 7. The fourth-order valence-electron chi connectivity index (χ4n) is 8.09. The molecule has 0 saturated heterocycles. The Labute approximate surface area is 284 Å². The third kappa shape index (κ3) is 4.12. The number of para-hydroxylation sites is 1. The van der Waals surface area contributed by atoms with E-state index in [0.717, 1.165) is 66.8 Å². The molecule has 0 saturated carbocycles. The van der Waals surface area contributed by atoms with Crippen LogP contribution in [0.1, 0.15) is 25.0 Å². The van der Waals surface area contributed by atoms with E-state index >= 15 is 0 Å². The van der Waals surface area contributed by atoms with Crippen LogP contribution in [0.15, 0.2) is 162 Å². The lowest BCUT2D eigenvalue weighted by Crippen LogP contribution is -2.14. The average molecular weight is 629 g/mol. The zero-order chi connectivity index (χ0) is 32.7. The fourth-order valence-corrected chi connectivity index (χ4v) is 8.09. The summed E-state index contributed by atoms with van der Waals surface area (Å²) in [7, 11) is 0. The molecule has 3 heterocycles. The Morgan fingerprint density at radius 1 is 0.531 bits per heavy atom. The molecule has 1 aliphatic carbocycles. The smallest absolute Gasteiger partial charge is 0.143 e. The molecule has 6 aromatic carbocycles. The average Bonchev–Trinajstić information content (AvgIpc) is 3.80. The Morgan fingerprint density at radius 2 is 1.22 bits per heavy atom. The van der Waals surface area contributed by atoms with Gasteiger partial charge in [-0.05, 0) is 69.3 Å². The lowest BCUT2D eigenvalue weighted by atomic mass is 9.81. The van der Waals surface area contributed by atoms with Crippen LogP contribution in [0.5, 0.6) is 0 Å². The van der Waals surface area contributed by atoms with E-state index in [2.05, 4.69) is 164 Å². The summed E-state index contributed by atoms with van der Waals surface area (Å²) in [5, 5.41) is 2.25. The van der Waals surface area contributed by atoms with Crippen molar-refractivity contribution in [3.05, 3.63) is 169 Å². The predicted octanol–water partition coefficient (Wildman–Crippen LogP) is 12.2. The molecule has 3 heteroatoms. The SMILES string of the molecule is CC1(C)c2ccccc2-c2ccc(-c3cccc4c3oc3cccc(-c5cccc(-c6c(-c7ccccc7)nc7ccccn67)c5)c34)cc21. The van der Waals surface area contributed by atoms with Crippen molar-refractivity contribution in [2.45, 2.75) is 19.3 Å². The van der Waals surface area contributed by atoms with Gasteiger partial charge in [0.2, 0.25) is 0 Å². The molecular weight excluding hydrogens is 597 g/mol. The van der Waals surface area contributed by atoms with Gasteiger partial charge in [-0.15, -0.1) is 0 Å². The van der Waals surface area contributed by atoms with Crippen LogP contribution in [0.3, 0.4) is 0 Å². The quantitative estimate of drug-likeness (QED) is 0.194. The minimum atomic E-state index is -0.0664. The van der Waals surface area contributed by atoms with Crippen LogP contribution in [0.2, 0.25) is 0 Å². The maximum atomic E-state index is 6.76. The predicted molar refractivity (Wildman–Crippen MR) is 202 cm³/mol. The summed E-state index contributed by atoms with van der Waals surface area (Å²) in [6, 6.07) is 54.1. The van der Waals surface area contributed by atoms with Crippen molar-refractivity contribution in [1.82, 2.24) is 9.38 Å².